The number of hydrogen-bond donors (Lipinski definition) is 2. The second-order valence-electron chi connectivity index (χ2n) is 4.11. The Balaban J connectivity index is 2.04. The quantitative estimate of drug-likeness (QED) is 0.751. The summed E-state index contributed by atoms with van der Waals surface area (Å²) in [6, 6.07) is 3.72. The Morgan fingerprint density at radius 1 is 1.60 bits per heavy atom. The summed E-state index contributed by atoms with van der Waals surface area (Å²) in [7, 11) is 0. The van der Waals surface area contributed by atoms with Crippen molar-refractivity contribution in [1.29, 1.82) is 0 Å². The van der Waals surface area contributed by atoms with Gasteiger partial charge in [-0.15, -0.1) is 11.3 Å². The molecular weight excluding hydrogens is 208 g/mol. The zero-order chi connectivity index (χ0) is 10.9. The van der Waals surface area contributed by atoms with Gasteiger partial charge in [0.15, 0.2) is 0 Å². The van der Waals surface area contributed by atoms with Crippen LogP contribution in [0.1, 0.15) is 30.7 Å². The molecule has 1 saturated carbocycles. The minimum atomic E-state index is -0.932. The minimum Gasteiger partial charge on any atom is -0.378 e. The molecule has 15 heavy (non-hydrogen) atoms. The molecule has 2 N–H and O–H groups in total. The van der Waals surface area contributed by atoms with Crippen LogP contribution in [0.3, 0.4) is 0 Å². The smallest absolute Gasteiger partial charge is 0.149 e. The van der Waals surface area contributed by atoms with E-state index in [9.17, 15) is 10.2 Å². The summed E-state index contributed by atoms with van der Waals surface area (Å²) in [6.45, 7) is 1.72. The third-order valence-corrected chi connectivity index (χ3v) is 3.57. The Kier molecular flexibility index (Phi) is 2.83. The second kappa shape index (κ2) is 3.97. The van der Waals surface area contributed by atoms with E-state index in [-0.39, 0.29) is 0 Å². The van der Waals surface area contributed by atoms with Gasteiger partial charge in [-0.25, -0.2) is 0 Å². The molecule has 80 valence electrons. The van der Waals surface area contributed by atoms with Crippen LogP contribution in [-0.4, -0.2) is 15.8 Å². The Morgan fingerprint density at radius 3 is 2.87 bits per heavy atom. The molecule has 0 bridgehead atoms. The van der Waals surface area contributed by atoms with Crippen LogP contribution < -0.4 is 0 Å². The van der Waals surface area contributed by atoms with Crippen LogP contribution in [0, 0.1) is 17.8 Å². The first-order valence-electron chi connectivity index (χ1n) is 5.06. The fraction of sp³-hybridized carbons (Fsp3) is 0.500. The van der Waals surface area contributed by atoms with E-state index in [1.165, 1.54) is 11.3 Å². The Bertz CT molecular complexity index is 379. The third-order valence-electron chi connectivity index (χ3n) is 2.65. The van der Waals surface area contributed by atoms with E-state index < -0.39 is 11.7 Å². The normalized spacial score (nSPS) is 21.3. The molecule has 2 nitrogen and oxygen atoms in total. The summed E-state index contributed by atoms with van der Waals surface area (Å²) in [6.07, 6.45) is 1.31. The summed E-state index contributed by atoms with van der Waals surface area (Å²) < 4.78 is 0. The number of aliphatic hydroxyl groups excluding tert-OH is 1. The van der Waals surface area contributed by atoms with Crippen LogP contribution in [0.25, 0.3) is 0 Å². The number of aliphatic hydroxyl groups is 2. The van der Waals surface area contributed by atoms with Gasteiger partial charge in [0.05, 0.1) is 0 Å². The molecule has 2 unspecified atom stereocenters. The molecule has 0 aliphatic heterocycles. The van der Waals surface area contributed by atoms with Crippen molar-refractivity contribution in [1.82, 2.24) is 0 Å². The van der Waals surface area contributed by atoms with Crippen LogP contribution in [0.4, 0.5) is 0 Å². The van der Waals surface area contributed by atoms with Crippen molar-refractivity contribution in [2.45, 2.75) is 31.5 Å². The molecule has 0 aromatic carbocycles. The minimum absolute atomic E-state index is 0.292. The van der Waals surface area contributed by atoms with Crippen molar-refractivity contribution in [2.24, 2.45) is 5.92 Å². The highest BCUT2D eigenvalue weighted by Gasteiger charge is 2.38. The molecule has 1 aliphatic carbocycles. The lowest BCUT2D eigenvalue weighted by Gasteiger charge is -2.14. The maximum Gasteiger partial charge on any atom is 0.149 e. The molecule has 2 rings (SSSR count). The van der Waals surface area contributed by atoms with Crippen molar-refractivity contribution in [3.8, 4) is 11.8 Å². The molecule has 0 spiro atoms. The first-order chi connectivity index (χ1) is 7.09. The van der Waals surface area contributed by atoms with E-state index in [1.807, 2.05) is 17.5 Å². The van der Waals surface area contributed by atoms with Gasteiger partial charge in [0.25, 0.3) is 0 Å². The van der Waals surface area contributed by atoms with Crippen molar-refractivity contribution in [2.75, 3.05) is 0 Å². The Hall–Kier alpha value is -0.820. The molecule has 0 radical (unpaired) electrons. The zero-order valence-corrected chi connectivity index (χ0v) is 9.42. The summed E-state index contributed by atoms with van der Waals surface area (Å²) in [5, 5.41) is 21.5. The summed E-state index contributed by atoms with van der Waals surface area (Å²) in [5.41, 5.74) is -0.932. The lowest BCUT2D eigenvalue weighted by Crippen LogP contribution is -2.24. The molecule has 1 heterocycles. The summed E-state index contributed by atoms with van der Waals surface area (Å²) in [4.78, 5) is 0.828. The van der Waals surface area contributed by atoms with E-state index in [0.717, 1.165) is 17.7 Å². The summed E-state index contributed by atoms with van der Waals surface area (Å²) in [5.74, 6) is 5.78. The van der Waals surface area contributed by atoms with Crippen LogP contribution >= 0.6 is 11.3 Å². The first kappa shape index (κ1) is 10.7. The predicted molar refractivity (Wildman–Crippen MR) is 60.4 cm³/mol. The van der Waals surface area contributed by atoms with Crippen LogP contribution in [0.5, 0.6) is 0 Å². The highest BCUT2D eigenvalue weighted by atomic mass is 32.1. The average molecular weight is 222 g/mol. The van der Waals surface area contributed by atoms with E-state index in [4.69, 9.17) is 0 Å². The van der Waals surface area contributed by atoms with Crippen LogP contribution in [0.2, 0.25) is 0 Å². The monoisotopic (exact) mass is 222 g/mol. The van der Waals surface area contributed by atoms with E-state index >= 15 is 0 Å². The van der Waals surface area contributed by atoms with E-state index in [1.54, 1.807) is 6.92 Å². The van der Waals surface area contributed by atoms with Crippen LogP contribution in [0.15, 0.2) is 17.5 Å². The van der Waals surface area contributed by atoms with Gasteiger partial charge in [0.1, 0.15) is 11.7 Å². The number of thiophene rings is 1. The van der Waals surface area contributed by atoms with Gasteiger partial charge < -0.3 is 10.2 Å². The van der Waals surface area contributed by atoms with E-state index in [2.05, 4.69) is 11.8 Å². The topological polar surface area (TPSA) is 40.5 Å². The molecule has 0 saturated heterocycles. The highest BCUT2D eigenvalue weighted by molar-refractivity contribution is 7.10. The van der Waals surface area contributed by atoms with Crippen molar-refractivity contribution < 1.29 is 10.2 Å². The molecule has 1 fully saturated rings. The predicted octanol–water partition coefficient (Wildman–Crippen LogP) is 1.95. The van der Waals surface area contributed by atoms with Crippen molar-refractivity contribution in [3.05, 3.63) is 22.4 Å². The van der Waals surface area contributed by atoms with E-state index in [0.29, 0.717) is 5.92 Å². The molecule has 1 aromatic heterocycles. The van der Waals surface area contributed by atoms with Gasteiger partial charge in [0.2, 0.25) is 0 Å². The fourth-order valence-electron chi connectivity index (χ4n) is 1.48. The molecule has 1 aromatic rings. The van der Waals surface area contributed by atoms with Gasteiger partial charge in [-0.1, -0.05) is 17.9 Å². The molecule has 3 heteroatoms. The highest BCUT2D eigenvalue weighted by Crippen LogP contribution is 2.39. The van der Waals surface area contributed by atoms with Crippen molar-refractivity contribution in [3.63, 3.8) is 0 Å². The third kappa shape index (κ3) is 2.60. The zero-order valence-electron chi connectivity index (χ0n) is 8.60. The maximum atomic E-state index is 9.92. The number of hydrogen-bond acceptors (Lipinski definition) is 3. The lowest BCUT2D eigenvalue weighted by atomic mass is 10.0. The Morgan fingerprint density at radius 2 is 2.33 bits per heavy atom. The standard InChI is InChI=1S/C12H14O2S/c1-12(14,9-4-5-9)7-6-10(13)11-3-2-8-15-11/h2-3,8-10,13-14H,4-5H2,1H3. The maximum absolute atomic E-state index is 9.92. The largest absolute Gasteiger partial charge is 0.378 e. The fourth-order valence-corrected chi connectivity index (χ4v) is 2.14. The molecule has 0 amide bonds. The first-order valence-corrected chi connectivity index (χ1v) is 5.94. The van der Waals surface area contributed by atoms with Gasteiger partial charge in [-0.05, 0) is 37.1 Å². The van der Waals surface area contributed by atoms with Crippen LogP contribution in [-0.2, 0) is 0 Å². The van der Waals surface area contributed by atoms with Gasteiger partial charge in [-0.3, -0.25) is 0 Å². The van der Waals surface area contributed by atoms with Gasteiger partial charge >= 0.3 is 0 Å². The average Bonchev–Trinajstić information content (AvgIpc) is 2.92. The van der Waals surface area contributed by atoms with Crippen molar-refractivity contribution >= 4 is 11.3 Å². The molecule has 2 atom stereocenters. The van der Waals surface area contributed by atoms with Gasteiger partial charge in [-0.2, -0.15) is 0 Å². The Labute approximate surface area is 93.6 Å². The number of rotatable bonds is 2. The SMILES string of the molecule is CC(O)(C#CC(O)c1cccs1)C1CC1. The molecular formula is C12H14O2S. The lowest BCUT2D eigenvalue weighted by molar-refractivity contribution is 0.0972. The second-order valence-corrected chi connectivity index (χ2v) is 5.09. The van der Waals surface area contributed by atoms with Gasteiger partial charge in [0, 0.05) is 4.88 Å². The molecule has 1 aliphatic rings. The summed E-state index contributed by atoms with van der Waals surface area (Å²) >= 11 is 1.47.